The molecular formula is C14H16N4O. The second kappa shape index (κ2) is 5.24. The molecular weight excluding hydrogens is 240 g/mol. The van der Waals surface area contributed by atoms with Gasteiger partial charge in [0.1, 0.15) is 0 Å². The molecule has 3 aromatic rings. The normalized spacial score (nSPS) is 11.2. The van der Waals surface area contributed by atoms with Crippen LogP contribution >= 0.6 is 0 Å². The molecule has 0 amide bonds. The SMILES string of the molecule is CCNCc1cc(Cn2cnc3ccccc32)on1. The Bertz CT molecular complexity index is 671. The molecule has 2 aromatic heterocycles. The Morgan fingerprint density at radius 1 is 1.32 bits per heavy atom. The highest BCUT2D eigenvalue weighted by Crippen LogP contribution is 2.14. The van der Waals surface area contributed by atoms with Gasteiger partial charge in [0.2, 0.25) is 0 Å². The molecule has 2 heterocycles. The molecule has 3 rings (SSSR count). The largest absolute Gasteiger partial charge is 0.359 e. The van der Waals surface area contributed by atoms with Gasteiger partial charge in [0, 0.05) is 12.6 Å². The third-order valence-corrected chi connectivity index (χ3v) is 3.02. The minimum atomic E-state index is 0.652. The van der Waals surface area contributed by atoms with Crippen molar-refractivity contribution in [1.82, 2.24) is 20.0 Å². The zero-order valence-corrected chi connectivity index (χ0v) is 10.8. The molecule has 1 aromatic carbocycles. The number of hydrogen-bond acceptors (Lipinski definition) is 4. The molecule has 5 nitrogen and oxygen atoms in total. The van der Waals surface area contributed by atoms with Gasteiger partial charge in [-0.2, -0.15) is 0 Å². The second-order valence-corrected chi connectivity index (χ2v) is 4.43. The Labute approximate surface area is 111 Å². The molecule has 0 saturated heterocycles. The molecule has 19 heavy (non-hydrogen) atoms. The molecule has 0 aliphatic rings. The Balaban J connectivity index is 1.79. The number of rotatable bonds is 5. The minimum absolute atomic E-state index is 0.652. The Morgan fingerprint density at radius 2 is 2.21 bits per heavy atom. The van der Waals surface area contributed by atoms with Gasteiger partial charge in [-0.15, -0.1) is 0 Å². The van der Waals surface area contributed by atoms with Crippen molar-refractivity contribution in [3.05, 3.63) is 48.1 Å². The highest BCUT2D eigenvalue weighted by atomic mass is 16.5. The number of imidazole rings is 1. The summed E-state index contributed by atoms with van der Waals surface area (Å²) in [5, 5.41) is 7.27. The van der Waals surface area contributed by atoms with Crippen LogP contribution in [0.3, 0.4) is 0 Å². The third kappa shape index (κ3) is 2.51. The summed E-state index contributed by atoms with van der Waals surface area (Å²) in [6, 6.07) is 10.0. The lowest BCUT2D eigenvalue weighted by molar-refractivity contribution is 0.370. The fraction of sp³-hybridized carbons (Fsp3) is 0.286. The first-order chi connectivity index (χ1) is 9.36. The maximum atomic E-state index is 5.35. The van der Waals surface area contributed by atoms with Crippen LogP contribution in [0.2, 0.25) is 0 Å². The first-order valence-electron chi connectivity index (χ1n) is 6.42. The number of hydrogen-bond donors (Lipinski definition) is 1. The number of aromatic nitrogens is 3. The van der Waals surface area contributed by atoms with E-state index in [1.165, 1.54) is 0 Å². The van der Waals surface area contributed by atoms with Crippen LogP contribution in [-0.2, 0) is 13.1 Å². The van der Waals surface area contributed by atoms with Gasteiger partial charge in [0.25, 0.3) is 0 Å². The molecule has 0 aliphatic carbocycles. The summed E-state index contributed by atoms with van der Waals surface area (Å²) in [6.45, 7) is 4.39. The molecule has 0 bridgehead atoms. The van der Waals surface area contributed by atoms with Gasteiger partial charge in [-0.1, -0.05) is 24.2 Å². The van der Waals surface area contributed by atoms with Crippen molar-refractivity contribution in [3.8, 4) is 0 Å². The van der Waals surface area contributed by atoms with Gasteiger partial charge in [0.15, 0.2) is 5.76 Å². The first-order valence-corrected chi connectivity index (χ1v) is 6.42. The summed E-state index contributed by atoms with van der Waals surface area (Å²) in [4.78, 5) is 4.36. The number of fused-ring (bicyclic) bond motifs is 1. The minimum Gasteiger partial charge on any atom is -0.359 e. The van der Waals surface area contributed by atoms with E-state index in [1.807, 2.05) is 30.6 Å². The summed E-state index contributed by atoms with van der Waals surface area (Å²) < 4.78 is 7.41. The monoisotopic (exact) mass is 256 g/mol. The van der Waals surface area contributed by atoms with Gasteiger partial charge < -0.3 is 14.4 Å². The summed E-state index contributed by atoms with van der Waals surface area (Å²) in [5.41, 5.74) is 3.03. The number of benzene rings is 1. The Hall–Kier alpha value is -2.14. The molecule has 0 atom stereocenters. The van der Waals surface area contributed by atoms with Crippen molar-refractivity contribution >= 4 is 11.0 Å². The van der Waals surface area contributed by atoms with Crippen LogP contribution in [0.25, 0.3) is 11.0 Å². The molecule has 0 unspecified atom stereocenters. The van der Waals surface area contributed by atoms with Gasteiger partial charge in [0.05, 0.1) is 29.6 Å². The average molecular weight is 256 g/mol. The maximum Gasteiger partial charge on any atom is 0.156 e. The highest BCUT2D eigenvalue weighted by molar-refractivity contribution is 5.74. The van der Waals surface area contributed by atoms with E-state index >= 15 is 0 Å². The molecule has 0 fully saturated rings. The van der Waals surface area contributed by atoms with Crippen molar-refractivity contribution in [1.29, 1.82) is 0 Å². The third-order valence-electron chi connectivity index (χ3n) is 3.02. The van der Waals surface area contributed by atoms with E-state index in [4.69, 9.17) is 4.52 Å². The summed E-state index contributed by atoms with van der Waals surface area (Å²) in [6.07, 6.45) is 1.83. The zero-order chi connectivity index (χ0) is 13.1. The lowest BCUT2D eigenvalue weighted by Crippen LogP contribution is -2.11. The van der Waals surface area contributed by atoms with Crippen LogP contribution in [0.5, 0.6) is 0 Å². The lowest BCUT2D eigenvalue weighted by atomic mass is 10.3. The van der Waals surface area contributed by atoms with E-state index in [0.29, 0.717) is 6.54 Å². The fourth-order valence-corrected chi connectivity index (χ4v) is 2.07. The molecule has 98 valence electrons. The van der Waals surface area contributed by atoms with E-state index in [0.717, 1.165) is 35.6 Å². The molecule has 0 spiro atoms. The van der Waals surface area contributed by atoms with Crippen LogP contribution in [0.15, 0.2) is 41.2 Å². The summed E-state index contributed by atoms with van der Waals surface area (Å²) >= 11 is 0. The van der Waals surface area contributed by atoms with Crippen LogP contribution in [0.4, 0.5) is 0 Å². The Morgan fingerprint density at radius 3 is 3.11 bits per heavy atom. The van der Waals surface area contributed by atoms with Crippen molar-refractivity contribution < 1.29 is 4.52 Å². The first kappa shape index (κ1) is 11.9. The zero-order valence-electron chi connectivity index (χ0n) is 10.8. The van der Waals surface area contributed by atoms with Crippen molar-refractivity contribution in [2.45, 2.75) is 20.0 Å². The molecule has 5 heteroatoms. The quantitative estimate of drug-likeness (QED) is 0.760. The molecule has 0 radical (unpaired) electrons. The predicted molar refractivity (Wildman–Crippen MR) is 72.7 cm³/mol. The van der Waals surface area contributed by atoms with Crippen LogP contribution in [0.1, 0.15) is 18.4 Å². The Kier molecular flexibility index (Phi) is 3.29. The summed E-state index contributed by atoms with van der Waals surface area (Å²) in [7, 11) is 0. The summed E-state index contributed by atoms with van der Waals surface area (Å²) in [5.74, 6) is 0.844. The van der Waals surface area contributed by atoms with E-state index < -0.39 is 0 Å². The van der Waals surface area contributed by atoms with Crippen molar-refractivity contribution in [3.63, 3.8) is 0 Å². The van der Waals surface area contributed by atoms with Gasteiger partial charge in [-0.3, -0.25) is 0 Å². The highest BCUT2D eigenvalue weighted by Gasteiger charge is 2.07. The lowest BCUT2D eigenvalue weighted by Gasteiger charge is -1.99. The van der Waals surface area contributed by atoms with Gasteiger partial charge in [-0.25, -0.2) is 4.98 Å². The number of para-hydroxylation sites is 2. The van der Waals surface area contributed by atoms with Gasteiger partial charge >= 0.3 is 0 Å². The smallest absolute Gasteiger partial charge is 0.156 e. The van der Waals surface area contributed by atoms with Crippen LogP contribution < -0.4 is 5.32 Å². The molecule has 1 N–H and O–H groups in total. The van der Waals surface area contributed by atoms with E-state index in [-0.39, 0.29) is 0 Å². The number of nitrogens with zero attached hydrogens (tertiary/aromatic N) is 3. The topological polar surface area (TPSA) is 55.9 Å². The molecule has 0 saturated carbocycles. The van der Waals surface area contributed by atoms with Crippen molar-refractivity contribution in [2.75, 3.05) is 6.54 Å². The second-order valence-electron chi connectivity index (χ2n) is 4.43. The standard InChI is InChI=1S/C14H16N4O/c1-2-15-8-11-7-12(19-17-11)9-18-10-16-13-5-3-4-6-14(13)18/h3-7,10,15H,2,8-9H2,1H3. The van der Waals surface area contributed by atoms with Crippen molar-refractivity contribution in [2.24, 2.45) is 0 Å². The van der Waals surface area contributed by atoms with E-state index in [2.05, 4.69) is 33.0 Å². The van der Waals surface area contributed by atoms with Crippen LogP contribution in [0, 0.1) is 0 Å². The average Bonchev–Trinajstić information content (AvgIpc) is 3.05. The van der Waals surface area contributed by atoms with E-state index in [1.54, 1.807) is 0 Å². The van der Waals surface area contributed by atoms with Crippen LogP contribution in [-0.4, -0.2) is 21.3 Å². The molecule has 0 aliphatic heterocycles. The van der Waals surface area contributed by atoms with Gasteiger partial charge in [-0.05, 0) is 18.7 Å². The predicted octanol–water partition coefficient (Wildman–Crippen LogP) is 2.18. The number of nitrogens with one attached hydrogen (secondary N) is 1. The maximum absolute atomic E-state index is 5.35. The van der Waals surface area contributed by atoms with E-state index in [9.17, 15) is 0 Å². The fourth-order valence-electron chi connectivity index (χ4n) is 2.07.